The number of nitrogens with one attached hydrogen (secondary N) is 1. The van der Waals surface area contributed by atoms with Gasteiger partial charge in [0, 0.05) is 30.4 Å². The molecular formula is C21H26N6O3S. The Labute approximate surface area is 180 Å². The van der Waals surface area contributed by atoms with Gasteiger partial charge in [-0.05, 0) is 56.2 Å². The normalized spacial score (nSPS) is 19.5. The van der Waals surface area contributed by atoms with E-state index in [1.165, 1.54) is 0 Å². The SMILES string of the molecule is Cc1ccc(S(=O)(=O)NC2CCC(CC(N)=O)CC2)cc1-c1cnc2c(N)nccn12. The number of imidazole rings is 1. The molecule has 164 valence electrons. The Hall–Kier alpha value is -2.98. The van der Waals surface area contributed by atoms with Gasteiger partial charge in [-0.1, -0.05) is 6.07 Å². The number of amides is 1. The topological polar surface area (TPSA) is 145 Å². The van der Waals surface area contributed by atoms with Crippen molar-refractivity contribution in [3.8, 4) is 11.3 Å². The summed E-state index contributed by atoms with van der Waals surface area (Å²) in [5.74, 6) is 0.242. The molecule has 1 amide bonds. The molecule has 0 unspecified atom stereocenters. The number of nitrogens with zero attached hydrogens (tertiary/aromatic N) is 3. The molecule has 2 heterocycles. The average molecular weight is 443 g/mol. The van der Waals surface area contributed by atoms with Gasteiger partial charge in [-0.2, -0.15) is 0 Å². The predicted octanol–water partition coefficient (Wildman–Crippen LogP) is 2.00. The number of carbonyl (C=O) groups excluding carboxylic acids is 1. The fraction of sp³-hybridized carbons (Fsp3) is 0.381. The zero-order valence-corrected chi connectivity index (χ0v) is 18.1. The first-order valence-electron chi connectivity index (χ1n) is 10.2. The smallest absolute Gasteiger partial charge is 0.240 e. The van der Waals surface area contributed by atoms with Crippen LogP contribution in [-0.4, -0.2) is 34.7 Å². The molecule has 1 aromatic carbocycles. The number of rotatable bonds is 6. The Balaban J connectivity index is 1.57. The van der Waals surface area contributed by atoms with Crippen LogP contribution in [0.2, 0.25) is 0 Å². The van der Waals surface area contributed by atoms with Crippen LogP contribution in [0.25, 0.3) is 16.9 Å². The number of sulfonamides is 1. The van der Waals surface area contributed by atoms with Crippen molar-refractivity contribution < 1.29 is 13.2 Å². The quantitative estimate of drug-likeness (QED) is 0.532. The molecule has 0 spiro atoms. The van der Waals surface area contributed by atoms with Crippen molar-refractivity contribution in [1.82, 2.24) is 19.1 Å². The summed E-state index contributed by atoms with van der Waals surface area (Å²) in [7, 11) is -3.70. The van der Waals surface area contributed by atoms with Gasteiger partial charge >= 0.3 is 0 Å². The minimum atomic E-state index is -3.70. The molecule has 1 fully saturated rings. The van der Waals surface area contributed by atoms with E-state index in [0.717, 1.165) is 29.7 Å². The van der Waals surface area contributed by atoms with Crippen molar-refractivity contribution in [1.29, 1.82) is 0 Å². The molecule has 1 aliphatic rings. The van der Waals surface area contributed by atoms with Gasteiger partial charge in [-0.3, -0.25) is 9.20 Å². The standard InChI is InChI=1S/C21H26N6O3S/c1-13-2-7-16(11-17(13)18-12-25-21-20(23)24-8-9-27(18)21)31(29,30)26-15-5-3-14(4-6-15)10-19(22)28/h2,7-9,11-12,14-15,26H,3-6,10H2,1H3,(H2,22,28)(H2,23,24). The Morgan fingerprint density at radius 1 is 1.23 bits per heavy atom. The van der Waals surface area contributed by atoms with E-state index in [9.17, 15) is 13.2 Å². The number of carbonyl (C=O) groups is 1. The second kappa shape index (κ2) is 8.27. The van der Waals surface area contributed by atoms with E-state index < -0.39 is 10.0 Å². The van der Waals surface area contributed by atoms with Crippen LogP contribution in [0, 0.1) is 12.8 Å². The molecule has 9 nitrogen and oxygen atoms in total. The lowest BCUT2D eigenvalue weighted by atomic mass is 9.84. The summed E-state index contributed by atoms with van der Waals surface area (Å²) in [6.45, 7) is 1.92. The van der Waals surface area contributed by atoms with E-state index in [0.29, 0.717) is 30.7 Å². The highest BCUT2D eigenvalue weighted by atomic mass is 32.2. The molecule has 10 heteroatoms. The summed E-state index contributed by atoms with van der Waals surface area (Å²) < 4.78 is 30.8. The molecule has 31 heavy (non-hydrogen) atoms. The molecule has 5 N–H and O–H groups in total. The summed E-state index contributed by atoms with van der Waals surface area (Å²) in [5.41, 5.74) is 14.1. The van der Waals surface area contributed by atoms with Gasteiger partial charge in [0.2, 0.25) is 15.9 Å². The van der Waals surface area contributed by atoms with Crippen molar-refractivity contribution in [3.05, 3.63) is 42.4 Å². The highest BCUT2D eigenvalue weighted by molar-refractivity contribution is 7.89. The molecule has 2 aromatic heterocycles. The van der Waals surface area contributed by atoms with E-state index in [1.807, 2.05) is 6.92 Å². The van der Waals surface area contributed by atoms with Crippen molar-refractivity contribution >= 4 is 27.4 Å². The molecule has 0 saturated heterocycles. The van der Waals surface area contributed by atoms with E-state index in [-0.39, 0.29) is 22.8 Å². The molecule has 4 rings (SSSR count). The number of nitrogens with two attached hydrogens (primary N) is 2. The Morgan fingerprint density at radius 2 is 1.97 bits per heavy atom. The van der Waals surface area contributed by atoms with Crippen LogP contribution in [0.5, 0.6) is 0 Å². The average Bonchev–Trinajstić information content (AvgIpc) is 3.14. The molecule has 1 saturated carbocycles. The maximum Gasteiger partial charge on any atom is 0.240 e. The van der Waals surface area contributed by atoms with Gasteiger partial charge in [0.15, 0.2) is 11.5 Å². The Kier molecular flexibility index (Phi) is 5.67. The van der Waals surface area contributed by atoms with Crippen LogP contribution in [0.3, 0.4) is 0 Å². The van der Waals surface area contributed by atoms with E-state index in [1.54, 1.807) is 41.2 Å². The molecule has 0 atom stereocenters. The number of primary amides is 1. The molecule has 3 aromatic rings. The lowest BCUT2D eigenvalue weighted by Gasteiger charge is -2.28. The zero-order chi connectivity index (χ0) is 22.2. The van der Waals surface area contributed by atoms with E-state index in [2.05, 4.69) is 14.7 Å². The van der Waals surface area contributed by atoms with Crippen LogP contribution in [-0.2, 0) is 14.8 Å². The van der Waals surface area contributed by atoms with Gasteiger partial charge in [0.1, 0.15) is 0 Å². The third kappa shape index (κ3) is 4.40. The second-order valence-electron chi connectivity index (χ2n) is 8.14. The summed E-state index contributed by atoms with van der Waals surface area (Å²) in [5, 5.41) is 0. The number of aryl methyl sites for hydroxylation is 1. The van der Waals surface area contributed by atoms with E-state index >= 15 is 0 Å². The maximum absolute atomic E-state index is 13.1. The number of aromatic nitrogens is 3. The highest BCUT2D eigenvalue weighted by Crippen LogP contribution is 2.30. The summed E-state index contributed by atoms with van der Waals surface area (Å²) in [6, 6.07) is 4.91. The highest BCUT2D eigenvalue weighted by Gasteiger charge is 2.27. The van der Waals surface area contributed by atoms with Crippen LogP contribution in [0.15, 0.2) is 41.7 Å². The lowest BCUT2D eigenvalue weighted by molar-refractivity contribution is -0.119. The molecule has 1 aliphatic carbocycles. The molecular weight excluding hydrogens is 416 g/mol. The number of hydrogen-bond donors (Lipinski definition) is 3. The number of nitrogen functional groups attached to an aromatic ring is 1. The molecule has 0 bridgehead atoms. The van der Waals surface area contributed by atoms with Gasteiger partial charge < -0.3 is 11.5 Å². The first-order chi connectivity index (χ1) is 14.7. The third-order valence-electron chi connectivity index (χ3n) is 5.91. The van der Waals surface area contributed by atoms with Crippen LogP contribution < -0.4 is 16.2 Å². The fourth-order valence-electron chi connectivity index (χ4n) is 4.24. The summed E-state index contributed by atoms with van der Waals surface area (Å²) in [4.78, 5) is 19.7. The fourth-order valence-corrected chi connectivity index (χ4v) is 5.57. The van der Waals surface area contributed by atoms with Crippen molar-refractivity contribution in [3.63, 3.8) is 0 Å². The first-order valence-corrected chi connectivity index (χ1v) is 11.7. The van der Waals surface area contributed by atoms with Gasteiger partial charge in [0.25, 0.3) is 0 Å². The number of anilines is 1. The Morgan fingerprint density at radius 3 is 2.68 bits per heavy atom. The summed E-state index contributed by atoms with van der Waals surface area (Å²) >= 11 is 0. The summed E-state index contributed by atoms with van der Waals surface area (Å²) in [6.07, 6.45) is 8.31. The first kappa shape index (κ1) is 21.3. The number of hydrogen-bond acceptors (Lipinski definition) is 6. The van der Waals surface area contributed by atoms with Gasteiger partial charge in [0.05, 0.1) is 16.8 Å². The van der Waals surface area contributed by atoms with Crippen molar-refractivity contribution in [2.24, 2.45) is 11.7 Å². The van der Waals surface area contributed by atoms with Crippen molar-refractivity contribution in [2.45, 2.75) is 50.0 Å². The van der Waals surface area contributed by atoms with Crippen LogP contribution in [0.4, 0.5) is 5.82 Å². The van der Waals surface area contributed by atoms with E-state index in [4.69, 9.17) is 11.5 Å². The zero-order valence-electron chi connectivity index (χ0n) is 17.3. The lowest BCUT2D eigenvalue weighted by Crippen LogP contribution is -2.38. The number of fused-ring (bicyclic) bond motifs is 1. The molecule has 0 aliphatic heterocycles. The van der Waals surface area contributed by atoms with Crippen LogP contribution in [0.1, 0.15) is 37.7 Å². The minimum absolute atomic E-state index is 0.152. The minimum Gasteiger partial charge on any atom is -0.381 e. The van der Waals surface area contributed by atoms with Gasteiger partial charge in [-0.25, -0.2) is 23.1 Å². The monoisotopic (exact) mass is 442 g/mol. The largest absolute Gasteiger partial charge is 0.381 e. The number of benzene rings is 1. The van der Waals surface area contributed by atoms with Crippen molar-refractivity contribution in [2.75, 3.05) is 5.73 Å². The molecule has 0 radical (unpaired) electrons. The Bertz CT molecular complexity index is 1230. The van der Waals surface area contributed by atoms with Gasteiger partial charge in [-0.15, -0.1) is 0 Å². The maximum atomic E-state index is 13.1. The second-order valence-corrected chi connectivity index (χ2v) is 9.85. The van der Waals surface area contributed by atoms with Crippen LogP contribution >= 0.6 is 0 Å². The third-order valence-corrected chi connectivity index (χ3v) is 7.43. The predicted molar refractivity (Wildman–Crippen MR) is 117 cm³/mol.